The molecule has 0 fully saturated rings. The minimum atomic E-state index is -1.01. The van der Waals surface area contributed by atoms with Crippen LogP contribution < -0.4 is 4.74 Å². The summed E-state index contributed by atoms with van der Waals surface area (Å²) in [7, 11) is 1.46. The van der Waals surface area contributed by atoms with Crippen molar-refractivity contribution in [3.05, 3.63) is 82.0 Å². The predicted octanol–water partition coefficient (Wildman–Crippen LogP) is 4.62. The zero-order valence-corrected chi connectivity index (χ0v) is 13.8. The first-order chi connectivity index (χ1) is 11.7. The largest absolute Gasteiger partial charge is 0.493 e. The molecule has 120 valence electrons. The highest BCUT2D eigenvalue weighted by Gasteiger charge is 2.19. The molecule has 3 rings (SSSR count). The molecular formula is C19H15NO3S. The van der Waals surface area contributed by atoms with E-state index in [4.69, 9.17) is 9.73 Å². The number of hydrogen-bond acceptors (Lipinski definition) is 4. The molecule has 24 heavy (non-hydrogen) atoms. The van der Waals surface area contributed by atoms with E-state index in [0.29, 0.717) is 5.69 Å². The number of nitrogens with zero attached hydrogens (tertiary/aromatic N) is 1. The molecule has 0 bridgehead atoms. The molecule has 0 aliphatic rings. The third kappa shape index (κ3) is 3.21. The van der Waals surface area contributed by atoms with Gasteiger partial charge in [0.05, 0.1) is 12.8 Å². The molecule has 1 N–H and O–H groups in total. The minimum Gasteiger partial charge on any atom is -0.493 e. The van der Waals surface area contributed by atoms with Gasteiger partial charge in [0.15, 0.2) is 10.6 Å². The first-order valence-electron chi connectivity index (χ1n) is 7.29. The summed E-state index contributed by atoms with van der Waals surface area (Å²) in [5.41, 5.74) is 3.19. The number of methoxy groups -OCH3 is 1. The van der Waals surface area contributed by atoms with Crippen LogP contribution in [-0.2, 0) is 0 Å². The molecule has 0 amide bonds. The molecule has 2 aromatic carbocycles. The normalized spacial score (nSPS) is 10.2. The van der Waals surface area contributed by atoms with E-state index in [-0.39, 0.29) is 10.6 Å². The molecule has 3 aromatic rings. The fraction of sp³-hybridized carbons (Fsp3) is 0.0526. The Labute approximate surface area is 143 Å². The summed E-state index contributed by atoms with van der Waals surface area (Å²) in [6, 6.07) is 19.6. The van der Waals surface area contributed by atoms with Crippen LogP contribution in [0.4, 0.5) is 5.69 Å². The summed E-state index contributed by atoms with van der Waals surface area (Å²) in [6.07, 6.45) is 0. The van der Waals surface area contributed by atoms with Gasteiger partial charge in [-0.05, 0) is 0 Å². The summed E-state index contributed by atoms with van der Waals surface area (Å²) < 4.78 is 5.27. The molecule has 0 saturated heterocycles. The van der Waals surface area contributed by atoms with Crippen molar-refractivity contribution in [3.63, 3.8) is 0 Å². The van der Waals surface area contributed by atoms with Crippen molar-refractivity contribution in [3.8, 4) is 5.75 Å². The van der Waals surface area contributed by atoms with Gasteiger partial charge in [0.2, 0.25) is 0 Å². The van der Waals surface area contributed by atoms with E-state index >= 15 is 0 Å². The van der Waals surface area contributed by atoms with Crippen molar-refractivity contribution in [1.82, 2.24) is 0 Å². The highest BCUT2D eigenvalue weighted by Crippen LogP contribution is 2.38. The molecule has 1 heterocycles. The molecule has 1 aromatic heterocycles. The lowest BCUT2D eigenvalue weighted by atomic mass is 10.0. The standard InChI is InChI=1S/C19H15NO3S/c1-23-17-15(12-24-18(17)19(21)22)20-16(13-8-4-2-5-9-13)14-10-6-3-7-11-14/h2-12H,1H3,(H,21,22). The quantitative estimate of drug-likeness (QED) is 0.691. The lowest BCUT2D eigenvalue weighted by molar-refractivity contribution is 0.0699. The molecule has 0 atom stereocenters. The number of hydrogen-bond donors (Lipinski definition) is 1. The van der Waals surface area contributed by atoms with Crippen LogP contribution in [0.2, 0.25) is 0 Å². The number of aliphatic imine (C=N–C) groups is 1. The summed E-state index contributed by atoms with van der Waals surface area (Å²) in [4.78, 5) is 16.2. The van der Waals surface area contributed by atoms with E-state index in [9.17, 15) is 9.90 Å². The summed E-state index contributed by atoms with van der Waals surface area (Å²) in [5, 5.41) is 11.0. The van der Waals surface area contributed by atoms with Crippen LogP contribution in [0.5, 0.6) is 5.75 Å². The Morgan fingerprint density at radius 3 is 2.00 bits per heavy atom. The molecule has 0 aliphatic heterocycles. The molecule has 0 spiro atoms. The lowest BCUT2D eigenvalue weighted by Crippen LogP contribution is -2.02. The number of benzene rings is 2. The monoisotopic (exact) mass is 337 g/mol. The summed E-state index contributed by atoms with van der Waals surface area (Å²) >= 11 is 1.11. The SMILES string of the molecule is COc1c(N=C(c2ccccc2)c2ccccc2)csc1C(=O)O. The summed E-state index contributed by atoms with van der Waals surface area (Å²) in [5.74, 6) is -0.726. The van der Waals surface area contributed by atoms with Gasteiger partial charge in [-0.25, -0.2) is 9.79 Å². The maximum Gasteiger partial charge on any atom is 0.349 e. The number of aromatic carboxylic acids is 1. The van der Waals surface area contributed by atoms with E-state index in [1.54, 1.807) is 5.38 Å². The van der Waals surface area contributed by atoms with Crippen LogP contribution in [-0.4, -0.2) is 23.9 Å². The van der Waals surface area contributed by atoms with E-state index in [2.05, 4.69) is 0 Å². The molecular weight excluding hydrogens is 322 g/mol. The van der Waals surface area contributed by atoms with Crippen molar-refractivity contribution in [2.45, 2.75) is 0 Å². The van der Waals surface area contributed by atoms with Crippen LogP contribution >= 0.6 is 11.3 Å². The minimum absolute atomic E-state index is 0.150. The van der Waals surface area contributed by atoms with Gasteiger partial charge in [-0.15, -0.1) is 11.3 Å². The number of thiophene rings is 1. The Morgan fingerprint density at radius 2 is 1.54 bits per heavy atom. The van der Waals surface area contributed by atoms with Crippen LogP contribution in [0.3, 0.4) is 0 Å². The topological polar surface area (TPSA) is 58.9 Å². The van der Waals surface area contributed by atoms with Gasteiger partial charge in [0.25, 0.3) is 0 Å². The Hall–Kier alpha value is -2.92. The molecule has 5 heteroatoms. The Balaban J connectivity index is 2.17. The number of carboxylic acids is 1. The van der Waals surface area contributed by atoms with Crippen LogP contribution in [0, 0.1) is 0 Å². The maximum atomic E-state index is 11.3. The summed E-state index contributed by atoms with van der Waals surface area (Å²) in [6.45, 7) is 0. The third-order valence-electron chi connectivity index (χ3n) is 3.45. The predicted molar refractivity (Wildman–Crippen MR) is 96.0 cm³/mol. The van der Waals surface area contributed by atoms with Gasteiger partial charge in [0, 0.05) is 16.5 Å². The van der Waals surface area contributed by atoms with Crippen molar-refractivity contribution in [1.29, 1.82) is 0 Å². The highest BCUT2D eigenvalue weighted by molar-refractivity contribution is 7.12. The van der Waals surface area contributed by atoms with E-state index in [0.717, 1.165) is 28.2 Å². The van der Waals surface area contributed by atoms with Crippen LogP contribution in [0.25, 0.3) is 0 Å². The van der Waals surface area contributed by atoms with E-state index in [1.165, 1.54) is 7.11 Å². The average Bonchev–Trinajstić information content (AvgIpc) is 3.04. The van der Waals surface area contributed by atoms with Crippen LogP contribution in [0.1, 0.15) is 20.8 Å². The van der Waals surface area contributed by atoms with Gasteiger partial charge >= 0.3 is 5.97 Å². The molecule has 0 aliphatic carbocycles. The first-order valence-corrected chi connectivity index (χ1v) is 8.17. The number of ether oxygens (including phenoxy) is 1. The fourth-order valence-corrected chi connectivity index (χ4v) is 3.15. The van der Waals surface area contributed by atoms with Crippen molar-refractivity contribution >= 4 is 28.7 Å². The van der Waals surface area contributed by atoms with Gasteiger partial charge in [0.1, 0.15) is 5.69 Å². The van der Waals surface area contributed by atoms with Crippen molar-refractivity contribution in [2.24, 2.45) is 4.99 Å². The van der Waals surface area contributed by atoms with E-state index < -0.39 is 5.97 Å². The van der Waals surface area contributed by atoms with Gasteiger partial charge in [-0.1, -0.05) is 60.7 Å². The zero-order valence-electron chi connectivity index (χ0n) is 13.0. The molecule has 4 nitrogen and oxygen atoms in total. The molecule has 0 unspecified atom stereocenters. The van der Waals surface area contributed by atoms with Gasteiger partial charge in [-0.2, -0.15) is 0 Å². The highest BCUT2D eigenvalue weighted by atomic mass is 32.1. The third-order valence-corrected chi connectivity index (χ3v) is 4.39. The molecule has 0 saturated carbocycles. The lowest BCUT2D eigenvalue weighted by Gasteiger charge is -2.08. The second-order valence-corrected chi connectivity index (χ2v) is 5.86. The van der Waals surface area contributed by atoms with Crippen molar-refractivity contribution < 1.29 is 14.6 Å². The zero-order chi connectivity index (χ0) is 16.9. The fourth-order valence-electron chi connectivity index (χ4n) is 2.37. The van der Waals surface area contributed by atoms with Gasteiger partial charge < -0.3 is 9.84 Å². The Morgan fingerprint density at radius 1 is 1.00 bits per heavy atom. The van der Waals surface area contributed by atoms with E-state index in [1.807, 2.05) is 60.7 Å². The number of carbonyl (C=O) groups is 1. The second-order valence-electron chi connectivity index (χ2n) is 4.98. The van der Waals surface area contributed by atoms with Crippen LogP contribution in [0.15, 0.2) is 71.0 Å². The number of rotatable bonds is 5. The Kier molecular flexibility index (Phi) is 4.72. The first kappa shape index (κ1) is 16.0. The Bertz CT molecular complexity index is 829. The average molecular weight is 337 g/mol. The molecule has 0 radical (unpaired) electrons. The second kappa shape index (κ2) is 7.10. The van der Waals surface area contributed by atoms with Crippen molar-refractivity contribution in [2.75, 3.05) is 7.11 Å². The number of carboxylic acid groups (broad SMARTS) is 1. The van der Waals surface area contributed by atoms with Gasteiger partial charge in [-0.3, -0.25) is 0 Å². The smallest absolute Gasteiger partial charge is 0.349 e. The maximum absolute atomic E-state index is 11.3.